The molecule has 52 heavy (non-hydrogen) atoms. The number of hydrogen-bond donors (Lipinski definition) is 0. The van der Waals surface area contributed by atoms with E-state index in [0.717, 1.165) is 40.3 Å². The van der Waals surface area contributed by atoms with E-state index in [2.05, 4.69) is 186 Å². The topological polar surface area (TPSA) is 27.7 Å². The number of rotatable bonds is 4. The standard InChI is InChI=1S/C48H36N4/c1-4-41-49-35-24-12-15-27-38(35)51(41)39-28-16-17-29-40(39)52-37-26-14-9-21-32(37)43-45-42(31-20-8-11-23-34(31)48(45,2)3)46-44(47(43)52)33-22-10-13-25-36(33)50(46)30-18-6-5-7-19-30/h5-29H,4H2,1-3H3. The van der Waals surface area contributed by atoms with Gasteiger partial charge in [-0.25, -0.2) is 4.98 Å². The first-order valence-corrected chi connectivity index (χ1v) is 18.3. The van der Waals surface area contributed by atoms with Crippen LogP contribution in [0.4, 0.5) is 0 Å². The molecule has 10 aromatic rings. The number of aromatic nitrogens is 4. The second-order valence-corrected chi connectivity index (χ2v) is 14.6. The average molecular weight is 669 g/mol. The molecule has 0 fully saturated rings. The van der Waals surface area contributed by atoms with Crippen molar-refractivity contribution in [1.82, 2.24) is 18.7 Å². The number of imidazole rings is 1. The van der Waals surface area contributed by atoms with Gasteiger partial charge in [-0.3, -0.25) is 4.57 Å². The summed E-state index contributed by atoms with van der Waals surface area (Å²) in [7, 11) is 0. The smallest absolute Gasteiger partial charge is 0.114 e. The lowest BCUT2D eigenvalue weighted by Gasteiger charge is -2.23. The molecule has 0 saturated carbocycles. The summed E-state index contributed by atoms with van der Waals surface area (Å²) in [4.78, 5) is 5.12. The molecule has 11 rings (SSSR count). The largest absolute Gasteiger partial charge is 0.309 e. The van der Waals surface area contributed by atoms with Crippen LogP contribution in [0.25, 0.3) is 82.8 Å². The highest BCUT2D eigenvalue weighted by Crippen LogP contribution is 2.58. The fraction of sp³-hybridized carbons (Fsp3) is 0.104. The van der Waals surface area contributed by atoms with Gasteiger partial charge >= 0.3 is 0 Å². The van der Waals surface area contributed by atoms with Crippen LogP contribution in [0.5, 0.6) is 0 Å². The molecule has 0 radical (unpaired) electrons. The van der Waals surface area contributed by atoms with E-state index in [0.29, 0.717) is 0 Å². The maximum atomic E-state index is 5.12. The molecule has 0 spiro atoms. The molecule has 1 aliphatic rings. The molecular formula is C48H36N4. The van der Waals surface area contributed by atoms with Gasteiger partial charge in [0.15, 0.2) is 0 Å². The lowest BCUT2D eigenvalue weighted by molar-refractivity contribution is 0.667. The molecule has 0 atom stereocenters. The molecule has 3 heterocycles. The molecule has 0 aliphatic heterocycles. The third-order valence-corrected chi connectivity index (χ3v) is 11.5. The lowest BCUT2D eigenvalue weighted by Crippen LogP contribution is -2.15. The van der Waals surface area contributed by atoms with Gasteiger partial charge in [-0.2, -0.15) is 0 Å². The molecule has 7 aromatic carbocycles. The lowest BCUT2D eigenvalue weighted by atomic mass is 9.80. The number of hydrogen-bond acceptors (Lipinski definition) is 1. The fourth-order valence-corrected chi connectivity index (χ4v) is 9.48. The molecular weight excluding hydrogens is 633 g/mol. The van der Waals surface area contributed by atoms with Crippen molar-refractivity contribution in [2.75, 3.05) is 0 Å². The molecule has 3 aromatic heterocycles. The molecule has 0 saturated heterocycles. The Kier molecular flexibility index (Phi) is 5.96. The minimum Gasteiger partial charge on any atom is -0.309 e. The maximum Gasteiger partial charge on any atom is 0.114 e. The summed E-state index contributed by atoms with van der Waals surface area (Å²) in [6.45, 7) is 7.04. The average Bonchev–Trinajstić information content (AvgIpc) is 3.90. The van der Waals surface area contributed by atoms with Gasteiger partial charge < -0.3 is 9.13 Å². The van der Waals surface area contributed by atoms with Gasteiger partial charge in [-0.15, -0.1) is 0 Å². The van der Waals surface area contributed by atoms with Gasteiger partial charge in [0.2, 0.25) is 0 Å². The van der Waals surface area contributed by atoms with E-state index in [9.17, 15) is 0 Å². The Bertz CT molecular complexity index is 3080. The summed E-state index contributed by atoms with van der Waals surface area (Å²) in [6, 6.07) is 55.4. The van der Waals surface area contributed by atoms with Gasteiger partial charge in [-0.1, -0.05) is 124 Å². The third kappa shape index (κ3) is 3.68. The summed E-state index contributed by atoms with van der Waals surface area (Å²) in [5, 5.41) is 5.13. The molecule has 1 aliphatic carbocycles. The van der Waals surface area contributed by atoms with Crippen LogP contribution in [0, 0.1) is 0 Å². The van der Waals surface area contributed by atoms with Crippen LogP contribution in [-0.4, -0.2) is 18.7 Å². The van der Waals surface area contributed by atoms with Crippen molar-refractivity contribution in [3.63, 3.8) is 0 Å². The summed E-state index contributed by atoms with van der Waals surface area (Å²) in [6.07, 6.45) is 0.824. The van der Waals surface area contributed by atoms with Gasteiger partial charge in [0.25, 0.3) is 0 Å². The van der Waals surface area contributed by atoms with E-state index in [1.807, 2.05) is 0 Å². The Labute approximate surface area is 301 Å². The van der Waals surface area contributed by atoms with E-state index < -0.39 is 0 Å². The normalized spacial score (nSPS) is 13.5. The summed E-state index contributed by atoms with van der Waals surface area (Å²) in [5.74, 6) is 1.05. The van der Waals surface area contributed by atoms with E-state index in [1.54, 1.807) is 0 Å². The van der Waals surface area contributed by atoms with Crippen LogP contribution in [0.2, 0.25) is 0 Å². The van der Waals surface area contributed by atoms with Crippen LogP contribution in [0.1, 0.15) is 37.7 Å². The first-order valence-electron chi connectivity index (χ1n) is 18.3. The number of benzene rings is 7. The highest BCUT2D eigenvalue weighted by Gasteiger charge is 2.41. The van der Waals surface area contributed by atoms with Gasteiger partial charge in [0, 0.05) is 44.6 Å². The van der Waals surface area contributed by atoms with Crippen molar-refractivity contribution in [2.24, 2.45) is 0 Å². The zero-order valence-electron chi connectivity index (χ0n) is 29.4. The van der Waals surface area contributed by atoms with Crippen molar-refractivity contribution in [2.45, 2.75) is 32.6 Å². The fourth-order valence-electron chi connectivity index (χ4n) is 9.48. The van der Waals surface area contributed by atoms with Gasteiger partial charge in [0.05, 0.1) is 44.5 Å². The van der Waals surface area contributed by atoms with Crippen LogP contribution < -0.4 is 0 Å². The summed E-state index contributed by atoms with van der Waals surface area (Å²) < 4.78 is 7.47. The number of aryl methyl sites for hydroxylation is 1. The van der Waals surface area contributed by atoms with Crippen LogP contribution >= 0.6 is 0 Å². The maximum absolute atomic E-state index is 5.12. The number of fused-ring (bicyclic) bond motifs is 13. The summed E-state index contributed by atoms with van der Waals surface area (Å²) >= 11 is 0. The molecule has 248 valence electrons. The number of para-hydroxylation sites is 7. The Balaban J connectivity index is 1.43. The Morgan fingerprint density at radius 1 is 0.519 bits per heavy atom. The molecule has 0 N–H and O–H groups in total. The van der Waals surface area contributed by atoms with Gasteiger partial charge in [-0.05, 0) is 65.2 Å². The highest BCUT2D eigenvalue weighted by molar-refractivity contribution is 6.31. The van der Waals surface area contributed by atoms with Crippen molar-refractivity contribution in [1.29, 1.82) is 0 Å². The predicted octanol–water partition coefficient (Wildman–Crippen LogP) is 12.1. The van der Waals surface area contributed by atoms with E-state index in [1.165, 1.54) is 65.9 Å². The molecule has 0 unspecified atom stereocenters. The second-order valence-electron chi connectivity index (χ2n) is 14.6. The van der Waals surface area contributed by atoms with Crippen molar-refractivity contribution in [3.8, 4) is 28.2 Å². The third-order valence-electron chi connectivity index (χ3n) is 11.5. The second kappa shape index (κ2) is 10.6. The molecule has 4 nitrogen and oxygen atoms in total. The highest BCUT2D eigenvalue weighted by atomic mass is 15.1. The molecule has 0 amide bonds. The Morgan fingerprint density at radius 3 is 1.85 bits per heavy atom. The zero-order valence-corrected chi connectivity index (χ0v) is 29.4. The first kappa shape index (κ1) is 29.4. The zero-order chi connectivity index (χ0) is 34.7. The Hall–Kier alpha value is -6.39. The van der Waals surface area contributed by atoms with Crippen molar-refractivity contribution < 1.29 is 0 Å². The van der Waals surface area contributed by atoms with Crippen LogP contribution in [0.3, 0.4) is 0 Å². The van der Waals surface area contributed by atoms with E-state index in [-0.39, 0.29) is 5.41 Å². The monoisotopic (exact) mass is 668 g/mol. The quantitative estimate of drug-likeness (QED) is 0.183. The van der Waals surface area contributed by atoms with Crippen LogP contribution in [0.15, 0.2) is 152 Å². The first-order chi connectivity index (χ1) is 25.6. The minimum atomic E-state index is -0.235. The molecule has 4 heteroatoms. The Morgan fingerprint density at radius 2 is 1.10 bits per heavy atom. The minimum absolute atomic E-state index is 0.235. The van der Waals surface area contributed by atoms with Crippen LogP contribution in [-0.2, 0) is 11.8 Å². The van der Waals surface area contributed by atoms with Gasteiger partial charge in [0.1, 0.15) is 5.82 Å². The number of nitrogens with zero attached hydrogens (tertiary/aromatic N) is 4. The summed E-state index contributed by atoms with van der Waals surface area (Å²) in [5.41, 5.74) is 15.7. The van der Waals surface area contributed by atoms with E-state index in [4.69, 9.17) is 4.98 Å². The predicted molar refractivity (Wildman–Crippen MR) is 217 cm³/mol. The van der Waals surface area contributed by atoms with Crippen molar-refractivity contribution >= 4 is 54.6 Å². The van der Waals surface area contributed by atoms with Crippen molar-refractivity contribution in [3.05, 3.63) is 169 Å². The SMILES string of the molecule is CCc1nc2ccccc2n1-c1ccccc1-n1c2ccccc2c2c3c(c4c(c5ccccc5n4-c4ccccc4)c21)-c1ccccc1C3(C)C. The molecule has 0 bridgehead atoms. The van der Waals surface area contributed by atoms with E-state index >= 15 is 0 Å².